The Balaban J connectivity index is 3.78. The van der Waals surface area contributed by atoms with E-state index in [-0.39, 0.29) is 0 Å². The molecule has 0 amide bonds. The van der Waals surface area contributed by atoms with Crippen LogP contribution in [0, 0.1) is 0 Å². The first-order valence-corrected chi connectivity index (χ1v) is 2.61. The van der Waals surface area contributed by atoms with Crippen molar-refractivity contribution < 1.29 is 24.6 Å². The largest absolute Gasteiger partial charge is 0.463 e. The highest BCUT2D eigenvalue weighted by molar-refractivity contribution is 5.66. The highest BCUT2D eigenvalue weighted by atomic mass is 16.5. The van der Waals surface area contributed by atoms with Gasteiger partial charge in [0.15, 0.2) is 0 Å². The van der Waals surface area contributed by atoms with Gasteiger partial charge in [0.1, 0.15) is 6.08 Å². The van der Waals surface area contributed by atoms with Gasteiger partial charge in [0.2, 0.25) is 0 Å². The van der Waals surface area contributed by atoms with Crippen LogP contribution in [0.3, 0.4) is 0 Å². The third-order valence-electron chi connectivity index (χ3n) is 0.723. The predicted octanol–water partition coefficient (Wildman–Crippen LogP) is 1.88. The molecular weight excluding hydrogens is 128 g/mol. The molecular formula is C8H14O2. The van der Waals surface area contributed by atoms with Crippen LogP contribution in [0.15, 0.2) is 0 Å². The number of esters is 1. The number of hydrogen-bond acceptors (Lipinski definition) is 2. The SMILES string of the molecule is [2H]C1([2H])C([2H])([2H])C([2H])([2H])C([2H])(OC(C)=O)C([2H])([2H])C1([2H])[2H]. The van der Waals surface area contributed by atoms with Crippen LogP contribution in [-0.2, 0) is 9.53 Å². The van der Waals surface area contributed by atoms with Crippen LogP contribution in [-0.4, -0.2) is 12.0 Å². The van der Waals surface area contributed by atoms with Crippen LogP contribution >= 0.6 is 0 Å². The van der Waals surface area contributed by atoms with Crippen molar-refractivity contribution in [3.8, 4) is 0 Å². The van der Waals surface area contributed by atoms with Crippen molar-refractivity contribution in [2.45, 2.75) is 44.9 Å². The zero-order valence-electron chi connectivity index (χ0n) is 16.3. The third-order valence-corrected chi connectivity index (χ3v) is 0.723. The van der Waals surface area contributed by atoms with Gasteiger partial charge in [-0.3, -0.25) is 4.79 Å². The summed E-state index contributed by atoms with van der Waals surface area (Å²) in [5.41, 5.74) is 0. The molecule has 0 N–H and O–H groups in total. The molecule has 0 aromatic rings. The smallest absolute Gasteiger partial charge is 0.302 e. The molecule has 58 valence electrons. The first-order valence-electron chi connectivity index (χ1n) is 8.11. The lowest BCUT2D eigenvalue weighted by atomic mass is 9.98. The minimum absolute atomic E-state index is 0.733. The molecule has 0 radical (unpaired) electrons. The van der Waals surface area contributed by atoms with Gasteiger partial charge in [-0.1, -0.05) is 6.37 Å². The van der Waals surface area contributed by atoms with E-state index in [9.17, 15) is 4.79 Å². The molecule has 10 heavy (non-hydrogen) atoms. The number of carbonyl (C=O) groups excluding carboxylic acids is 1. The van der Waals surface area contributed by atoms with Crippen molar-refractivity contribution in [1.29, 1.82) is 0 Å². The molecule has 0 atom stereocenters. The van der Waals surface area contributed by atoms with Crippen LogP contribution in [0.4, 0.5) is 0 Å². The van der Waals surface area contributed by atoms with Gasteiger partial charge in [-0.2, -0.15) is 0 Å². The Hall–Kier alpha value is -0.530. The summed E-state index contributed by atoms with van der Waals surface area (Å²) in [5, 5.41) is 0. The maximum atomic E-state index is 11.1. The minimum atomic E-state index is -3.65. The van der Waals surface area contributed by atoms with Crippen molar-refractivity contribution in [3.63, 3.8) is 0 Å². The van der Waals surface area contributed by atoms with E-state index in [0.717, 1.165) is 6.92 Å². The molecule has 0 aliphatic heterocycles. The first kappa shape index (κ1) is 1.62. The van der Waals surface area contributed by atoms with E-state index >= 15 is 0 Å². The monoisotopic (exact) mass is 153 g/mol. The Morgan fingerprint density at radius 2 is 2.20 bits per heavy atom. The summed E-state index contributed by atoms with van der Waals surface area (Å²) in [5.74, 6) is -1.31. The van der Waals surface area contributed by atoms with Crippen LogP contribution in [0.25, 0.3) is 0 Å². The number of hydrogen-bond donors (Lipinski definition) is 0. The fourth-order valence-electron chi connectivity index (χ4n) is 0.433. The lowest BCUT2D eigenvalue weighted by molar-refractivity contribution is -0.147. The van der Waals surface area contributed by atoms with Crippen molar-refractivity contribution >= 4 is 5.97 Å². The Morgan fingerprint density at radius 1 is 1.60 bits per heavy atom. The lowest BCUT2D eigenvalue weighted by Crippen LogP contribution is -2.18. The van der Waals surface area contributed by atoms with E-state index in [1.54, 1.807) is 0 Å². The van der Waals surface area contributed by atoms with Gasteiger partial charge in [-0.25, -0.2) is 0 Å². The van der Waals surface area contributed by atoms with Gasteiger partial charge in [0.25, 0.3) is 0 Å². The molecule has 0 bridgehead atoms. The van der Waals surface area contributed by atoms with Crippen molar-refractivity contribution in [3.05, 3.63) is 0 Å². The summed E-state index contributed by atoms with van der Waals surface area (Å²) < 4.78 is 88.0. The molecule has 1 aliphatic carbocycles. The molecule has 1 aliphatic rings. The molecule has 1 rings (SSSR count). The van der Waals surface area contributed by atoms with Crippen molar-refractivity contribution in [2.24, 2.45) is 0 Å². The number of carbonyl (C=O) groups is 1. The Labute approximate surface area is 77.0 Å². The Bertz CT molecular complexity index is 439. The maximum absolute atomic E-state index is 11.1. The Morgan fingerprint density at radius 3 is 2.70 bits per heavy atom. The third kappa shape index (κ3) is 2.38. The molecule has 0 heterocycles. The van der Waals surface area contributed by atoms with Crippen LogP contribution < -0.4 is 0 Å². The quantitative estimate of drug-likeness (QED) is 0.538. The van der Waals surface area contributed by atoms with E-state index < -0.39 is 43.9 Å². The second-order valence-corrected chi connectivity index (χ2v) is 1.55. The molecule has 1 saturated carbocycles. The molecule has 0 unspecified atom stereocenters. The molecule has 2 nitrogen and oxygen atoms in total. The van der Waals surface area contributed by atoms with Gasteiger partial charge >= 0.3 is 5.97 Å². The second kappa shape index (κ2) is 3.59. The number of ether oxygens (including phenoxy) is 1. The van der Waals surface area contributed by atoms with E-state index in [1.807, 2.05) is 0 Å². The molecule has 0 aromatic carbocycles. The molecule has 2 heteroatoms. The molecule has 0 aromatic heterocycles. The van der Waals surface area contributed by atoms with E-state index in [2.05, 4.69) is 4.74 Å². The summed E-state index contributed by atoms with van der Waals surface area (Å²) in [7, 11) is 0. The predicted molar refractivity (Wildman–Crippen MR) is 38.6 cm³/mol. The number of rotatable bonds is 1. The van der Waals surface area contributed by atoms with Gasteiger partial charge in [0.05, 0.1) is 1.37 Å². The zero-order chi connectivity index (χ0) is 17.3. The lowest BCUT2D eigenvalue weighted by Gasteiger charge is -2.20. The van der Waals surface area contributed by atoms with Gasteiger partial charge < -0.3 is 4.74 Å². The summed E-state index contributed by atoms with van der Waals surface area (Å²) in [4.78, 5) is 11.1. The van der Waals surface area contributed by atoms with E-state index in [4.69, 9.17) is 15.1 Å². The standard InChI is InChI=1S/C8H14O2/c1-7(9)10-8-5-3-2-4-6-8/h8H,2-6H2,1H3/i2D2,3D2,4D2,5D2,6D2,8D. The molecule has 1 fully saturated rings. The van der Waals surface area contributed by atoms with E-state index in [0.29, 0.717) is 0 Å². The average Bonchev–Trinajstić information content (AvgIpc) is 2.25. The highest BCUT2D eigenvalue weighted by Crippen LogP contribution is 2.19. The first-order chi connectivity index (χ1) is 8.92. The van der Waals surface area contributed by atoms with Gasteiger partial charge in [0, 0.05) is 20.6 Å². The van der Waals surface area contributed by atoms with Crippen molar-refractivity contribution in [2.75, 3.05) is 0 Å². The van der Waals surface area contributed by atoms with Gasteiger partial charge in [-0.05, 0) is 25.5 Å². The Kier molecular flexibility index (Phi) is 0.582. The summed E-state index contributed by atoms with van der Waals surface area (Å²) in [6.07, 6.45) is -21.8. The van der Waals surface area contributed by atoms with E-state index in [1.165, 1.54) is 0 Å². The van der Waals surface area contributed by atoms with Gasteiger partial charge in [-0.15, -0.1) is 0 Å². The maximum Gasteiger partial charge on any atom is 0.302 e. The van der Waals surface area contributed by atoms with Crippen molar-refractivity contribution in [1.82, 2.24) is 0 Å². The average molecular weight is 153 g/mol. The van der Waals surface area contributed by atoms with Crippen LogP contribution in [0.1, 0.15) is 53.9 Å². The normalized spacial score (nSPS) is 65.1. The van der Waals surface area contributed by atoms with Crippen LogP contribution in [0.5, 0.6) is 0 Å². The minimum Gasteiger partial charge on any atom is -0.463 e. The summed E-state index contributed by atoms with van der Waals surface area (Å²) >= 11 is 0. The highest BCUT2D eigenvalue weighted by Gasteiger charge is 2.14. The topological polar surface area (TPSA) is 26.3 Å². The fraction of sp³-hybridized carbons (Fsp3) is 0.875. The second-order valence-electron chi connectivity index (χ2n) is 1.55. The fourth-order valence-corrected chi connectivity index (χ4v) is 0.433. The summed E-state index contributed by atoms with van der Waals surface area (Å²) in [6.45, 7) is 0.733. The molecule has 0 spiro atoms. The zero-order valence-corrected chi connectivity index (χ0v) is 5.32. The van der Waals surface area contributed by atoms with Crippen LogP contribution in [0.2, 0.25) is 0 Å². The summed E-state index contributed by atoms with van der Waals surface area (Å²) in [6, 6.07) is 0. The molecule has 0 saturated heterocycles.